The Hall–Kier alpha value is -1.41. The first kappa shape index (κ1) is 11.7. The molecule has 80 valence electrons. The number of hydrogen-bond donors (Lipinski definition) is 1. The molecule has 15 heavy (non-hydrogen) atoms. The van der Waals surface area contributed by atoms with Crippen molar-refractivity contribution in [3.63, 3.8) is 0 Å². The monoisotopic (exact) mass is 231 g/mol. The van der Waals surface area contributed by atoms with E-state index in [0.717, 1.165) is 0 Å². The lowest BCUT2D eigenvalue weighted by Crippen LogP contribution is -2.04. The van der Waals surface area contributed by atoms with Crippen molar-refractivity contribution in [3.05, 3.63) is 22.9 Å². The first-order valence-electron chi connectivity index (χ1n) is 4.09. The van der Waals surface area contributed by atoms with E-state index in [1.807, 2.05) is 6.07 Å². The fourth-order valence-electron chi connectivity index (χ4n) is 1.16. The van der Waals surface area contributed by atoms with Gasteiger partial charge in [-0.15, -0.1) is 11.6 Å². The highest BCUT2D eigenvalue weighted by molar-refractivity contribution is 6.17. The molecule has 0 unspecified atom stereocenters. The predicted octanol–water partition coefficient (Wildman–Crippen LogP) is 2.41. The molecular formula is C9H8ClF2N3. The molecule has 0 spiro atoms. The average molecular weight is 232 g/mol. The molecule has 1 aromatic heterocycles. The van der Waals surface area contributed by atoms with E-state index in [2.05, 4.69) is 4.98 Å². The molecule has 6 heteroatoms. The van der Waals surface area contributed by atoms with Gasteiger partial charge >= 0.3 is 0 Å². The molecule has 1 rings (SSSR count). The molecule has 0 aliphatic rings. The van der Waals surface area contributed by atoms with Crippen LogP contribution in [0.1, 0.15) is 23.2 Å². The number of nitrogens with two attached hydrogens (primary N) is 1. The van der Waals surface area contributed by atoms with E-state index in [4.69, 9.17) is 22.6 Å². The Morgan fingerprint density at radius 2 is 2.27 bits per heavy atom. The maximum absolute atomic E-state index is 12.4. The van der Waals surface area contributed by atoms with Crippen molar-refractivity contribution in [3.8, 4) is 6.07 Å². The molecule has 0 bridgehead atoms. The number of halogens is 3. The maximum atomic E-state index is 12.4. The molecule has 0 fully saturated rings. The van der Waals surface area contributed by atoms with Gasteiger partial charge in [-0.1, -0.05) is 0 Å². The number of hydrogen-bond acceptors (Lipinski definition) is 3. The molecule has 0 amide bonds. The van der Waals surface area contributed by atoms with E-state index in [0.29, 0.717) is 11.3 Å². The Morgan fingerprint density at radius 1 is 1.60 bits per heavy atom. The SMILES string of the molecule is N#CCc1cc(C(F)F)c(N)nc1CCl. The first-order valence-corrected chi connectivity index (χ1v) is 4.62. The third-order valence-corrected chi connectivity index (χ3v) is 2.14. The van der Waals surface area contributed by atoms with Crippen LogP contribution < -0.4 is 5.73 Å². The van der Waals surface area contributed by atoms with Gasteiger partial charge in [0.15, 0.2) is 0 Å². The molecule has 1 heterocycles. The number of nitrogens with zero attached hydrogens (tertiary/aromatic N) is 2. The highest BCUT2D eigenvalue weighted by Crippen LogP contribution is 2.26. The Bertz CT molecular complexity index is 401. The van der Waals surface area contributed by atoms with Crippen LogP contribution in [0.3, 0.4) is 0 Å². The zero-order valence-electron chi connectivity index (χ0n) is 7.67. The molecule has 0 aromatic carbocycles. The predicted molar refractivity (Wildman–Crippen MR) is 52.5 cm³/mol. The van der Waals surface area contributed by atoms with Gasteiger partial charge in [-0.3, -0.25) is 0 Å². The van der Waals surface area contributed by atoms with E-state index < -0.39 is 6.43 Å². The summed E-state index contributed by atoms with van der Waals surface area (Å²) in [5, 5.41) is 8.50. The standard InChI is InChI=1S/C9H8ClF2N3/c10-4-7-5(1-2-13)3-6(8(11)12)9(14)15-7/h3,8H,1,4H2,(H2,14,15). The van der Waals surface area contributed by atoms with Gasteiger partial charge in [-0.05, 0) is 11.6 Å². The second-order valence-corrected chi connectivity index (χ2v) is 3.11. The van der Waals surface area contributed by atoms with Gasteiger partial charge in [0.05, 0.1) is 29.6 Å². The molecule has 0 radical (unpaired) electrons. The molecule has 1 aromatic rings. The summed E-state index contributed by atoms with van der Waals surface area (Å²) in [6.45, 7) is 0. The number of nitrogen functional groups attached to an aromatic ring is 1. The Labute approximate surface area is 90.5 Å². The van der Waals surface area contributed by atoms with E-state index in [9.17, 15) is 8.78 Å². The third-order valence-electron chi connectivity index (χ3n) is 1.88. The summed E-state index contributed by atoms with van der Waals surface area (Å²) >= 11 is 5.56. The quantitative estimate of drug-likeness (QED) is 0.813. The molecule has 2 N–H and O–H groups in total. The van der Waals surface area contributed by atoms with Gasteiger partial charge in [-0.2, -0.15) is 5.26 Å². The van der Waals surface area contributed by atoms with Crippen LogP contribution in [0.15, 0.2) is 6.07 Å². The summed E-state index contributed by atoms with van der Waals surface area (Å²) in [4.78, 5) is 3.75. The third kappa shape index (κ3) is 2.54. The van der Waals surface area contributed by atoms with Crippen LogP contribution in [-0.4, -0.2) is 4.98 Å². The van der Waals surface area contributed by atoms with Gasteiger partial charge in [0.1, 0.15) is 5.82 Å². The smallest absolute Gasteiger partial charge is 0.267 e. The summed E-state index contributed by atoms with van der Waals surface area (Å²) in [6, 6.07) is 3.05. The minimum absolute atomic E-state index is 0.00491. The zero-order chi connectivity index (χ0) is 11.4. The first-order chi connectivity index (χ1) is 7.10. The van der Waals surface area contributed by atoms with E-state index in [1.54, 1.807) is 0 Å². The Morgan fingerprint density at radius 3 is 2.73 bits per heavy atom. The van der Waals surface area contributed by atoms with E-state index >= 15 is 0 Å². The zero-order valence-corrected chi connectivity index (χ0v) is 8.43. The molecule has 0 aliphatic heterocycles. The van der Waals surface area contributed by atoms with Crippen molar-refractivity contribution in [2.45, 2.75) is 18.7 Å². The number of alkyl halides is 3. The Balaban J connectivity index is 3.25. The van der Waals surface area contributed by atoms with Crippen molar-refractivity contribution in [1.29, 1.82) is 5.26 Å². The van der Waals surface area contributed by atoms with Crippen LogP contribution in [0.5, 0.6) is 0 Å². The minimum Gasteiger partial charge on any atom is -0.383 e. The van der Waals surface area contributed by atoms with Gasteiger partial charge in [-0.25, -0.2) is 13.8 Å². The summed E-state index contributed by atoms with van der Waals surface area (Å²) in [5.41, 5.74) is 5.75. The van der Waals surface area contributed by atoms with Crippen LogP contribution >= 0.6 is 11.6 Å². The average Bonchev–Trinajstić information content (AvgIpc) is 2.20. The van der Waals surface area contributed by atoms with E-state index in [1.165, 1.54) is 6.07 Å². The van der Waals surface area contributed by atoms with Crippen molar-refractivity contribution >= 4 is 17.4 Å². The van der Waals surface area contributed by atoms with Crippen molar-refractivity contribution in [2.24, 2.45) is 0 Å². The fraction of sp³-hybridized carbons (Fsp3) is 0.333. The second kappa shape index (κ2) is 4.89. The van der Waals surface area contributed by atoms with Crippen molar-refractivity contribution in [2.75, 3.05) is 5.73 Å². The maximum Gasteiger partial charge on any atom is 0.267 e. The number of nitriles is 1. The van der Waals surface area contributed by atoms with Crippen molar-refractivity contribution in [1.82, 2.24) is 4.98 Å². The lowest BCUT2D eigenvalue weighted by molar-refractivity contribution is 0.152. The lowest BCUT2D eigenvalue weighted by Gasteiger charge is -2.09. The normalized spacial score (nSPS) is 10.3. The highest BCUT2D eigenvalue weighted by atomic mass is 35.5. The largest absolute Gasteiger partial charge is 0.383 e. The summed E-state index contributed by atoms with van der Waals surface area (Å²) in [7, 11) is 0. The number of anilines is 1. The van der Waals surface area contributed by atoms with Gasteiger partial charge < -0.3 is 5.73 Å². The summed E-state index contributed by atoms with van der Waals surface area (Å²) in [6.07, 6.45) is -2.70. The van der Waals surface area contributed by atoms with Crippen LogP contribution in [-0.2, 0) is 12.3 Å². The van der Waals surface area contributed by atoms with Gasteiger partial charge in [0, 0.05) is 0 Å². The van der Waals surface area contributed by atoms with E-state index in [-0.39, 0.29) is 23.7 Å². The number of aromatic nitrogens is 1. The van der Waals surface area contributed by atoms with Crippen LogP contribution in [0.2, 0.25) is 0 Å². The summed E-state index contributed by atoms with van der Waals surface area (Å²) in [5.74, 6) is -0.188. The van der Waals surface area contributed by atoms with Crippen LogP contribution in [0.4, 0.5) is 14.6 Å². The second-order valence-electron chi connectivity index (χ2n) is 2.84. The number of rotatable bonds is 3. The minimum atomic E-state index is -2.70. The Kier molecular flexibility index (Phi) is 3.81. The number of pyridine rings is 1. The van der Waals surface area contributed by atoms with Crippen molar-refractivity contribution < 1.29 is 8.78 Å². The molecular weight excluding hydrogens is 224 g/mol. The lowest BCUT2D eigenvalue weighted by atomic mass is 10.1. The topological polar surface area (TPSA) is 62.7 Å². The molecule has 0 saturated carbocycles. The highest BCUT2D eigenvalue weighted by Gasteiger charge is 2.16. The molecule has 0 atom stereocenters. The van der Waals surface area contributed by atoms with Gasteiger partial charge in [0.25, 0.3) is 6.43 Å². The molecule has 0 saturated heterocycles. The fourth-order valence-corrected chi connectivity index (χ4v) is 1.39. The van der Waals surface area contributed by atoms with Crippen LogP contribution in [0.25, 0.3) is 0 Å². The summed E-state index contributed by atoms with van der Waals surface area (Å²) < 4.78 is 24.9. The van der Waals surface area contributed by atoms with Crippen LogP contribution in [0, 0.1) is 11.3 Å². The van der Waals surface area contributed by atoms with Gasteiger partial charge in [0.2, 0.25) is 0 Å². The molecule has 0 aliphatic carbocycles. The molecule has 3 nitrogen and oxygen atoms in total.